The van der Waals surface area contributed by atoms with E-state index in [9.17, 15) is 19.7 Å². The van der Waals surface area contributed by atoms with Crippen LogP contribution in [0.5, 0.6) is 0 Å². The zero-order valence-corrected chi connectivity index (χ0v) is 16.7. The number of rotatable bonds is 7. The number of carbonyl (C=O) groups excluding carboxylic acids is 2. The number of nitro benzene ring substituents is 1. The van der Waals surface area contributed by atoms with Crippen LogP contribution >= 0.6 is 0 Å². The zero-order chi connectivity index (χ0) is 21.0. The van der Waals surface area contributed by atoms with Gasteiger partial charge in [-0.3, -0.25) is 21.2 Å². The molecular formula is C21H27N3O4+2. The summed E-state index contributed by atoms with van der Waals surface area (Å²) < 4.78 is 0. The van der Waals surface area contributed by atoms with Crippen LogP contribution in [0.3, 0.4) is 0 Å². The van der Waals surface area contributed by atoms with E-state index < -0.39 is 4.92 Å². The molecule has 0 spiro atoms. The van der Waals surface area contributed by atoms with Gasteiger partial charge in [0, 0.05) is 17.5 Å². The second-order valence-corrected chi connectivity index (χ2v) is 7.39. The number of aryl methyl sites for hydroxylation is 1. The van der Waals surface area contributed by atoms with Crippen LogP contribution in [-0.2, 0) is 0 Å². The average molecular weight is 385 g/mol. The molecule has 2 amide bonds. The van der Waals surface area contributed by atoms with Gasteiger partial charge in [-0.15, -0.1) is 0 Å². The van der Waals surface area contributed by atoms with Crippen LogP contribution in [0, 0.1) is 17.0 Å². The van der Waals surface area contributed by atoms with Gasteiger partial charge >= 0.3 is 11.8 Å². The SMILES string of the molecule is Cc1cc(C([NH3+])=O)ccc1C(C)C[NH2+]C(=O)c1ccc(C(C)C)c([N+](=O)[O-])c1. The summed E-state index contributed by atoms with van der Waals surface area (Å²) in [6.45, 7) is 8.19. The zero-order valence-electron chi connectivity index (χ0n) is 16.7. The molecule has 0 saturated carbocycles. The lowest BCUT2D eigenvalue weighted by Gasteiger charge is -2.13. The lowest BCUT2D eigenvalue weighted by molar-refractivity contribution is -0.557. The molecule has 148 valence electrons. The molecule has 0 saturated heterocycles. The van der Waals surface area contributed by atoms with E-state index in [2.05, 4.69) is 5.73 Å². The van der Waals surface area contributed by atoms with Crippen molar-refractivity contribution in [1.82, 2.24) is 0 Å². The molecular weight excluding hydrogens is 358 g/mol. The third kappa shape index (κ3) is 4.88. The largest absolute Gasteiger partial charge is 0.342 e. The van der Waals surface area contributed by atoms with Crippen molar-refractivity contribution in [3.8, 4) is 0 Å². The first kappa shape index (κ1) is 21.4. The highest BCUT2D eigenvalue weighted by atomic mass is 16.6. The first-order valence-corrected chi connectivity index (χ1v) is 9.24. The predicted octanol–water partition coefficient (Wildman–Crippen LogP) is 1.92. The molecule has 0 bridgehead atoms. The minimum atomic E-state index is -0.441. The number of carbonyl (C=O) groups is 2. The Morgan fingerprint density at radius 2 is 1.68 bits per heavy atom. The molecule has 1 unspecified atom stereocenters. The summed E-state index contributed by atoms with van der Waals surface area (Å²) in [5, 5.41) is 12.9. The van der Waals surface area contributed by atoms with Crippen molar-refractivity contribution in [3.05, 3.63) is 74.3 Å². The molecule has 7 nitrogen and oxygen atoms in total. The maximum atomic E-state index is 12.5. The lowest BCUT2D eigenvalue weighted by Crippen LogP contribution is -2.88. The summed E-state index contributed by atoms with van der Waals surface area (Å²) in [7, 11) is 0. The van der Waals surface area contributed by atoms with Crippen molar-refractivity contribution in [2.75, 3.05) is 6.54 Å². The van der Waals surface area contributed by atoms with Gasteiger partial charge in [0.15, 0.2) is 0 Å². The molecule has 0 aliphatic heterocycles. The molecule has 28 heavy (non-hydrogen) atoms. The van der Waals surface area contributed by atoms with Gasteiger partial charge < -0.3 is 0 Å². The third-order valence-electron chi connectivity index (χ3n) is 4.91. The number of hydrogen-bond acceptors (Lipinski definition) is 4. The second kappa shape index (κ2) is 8.86. The van der Waals surface area contributed by atoms with Gasteiger partial charge in [-0.05, 0) is 42.2 Å². The minimum Gasteiger partial charge on any atom is -0.290 e. The van der Waals surface area contributed by atoms with Gasteiger partial charge in [-0.1, -0.05) is 32.9 Å². The quantitative estimate of drug-likeness (QED) is 0.558. The van der Waals surface area contributed by atoms with E-state index in [0.29, 0.717) is 23.2 Å². The van der Waals surface area contributed by atoms with Crippen LogP contribution in [0.2, 0.25) is 0 Å². The van der Waals surface area contributed by atoms with Crippen LogP contribution in [0.25, 0.3) is 0 Å². The molecule has 7 heteroatoms. The number of quaternary nitrogens is 2. The van der Waals surface area contributed by atoms with E-state index in [1.165, 1.54) is 6.07 Å². The number of primary amides is 1. The van der Waals surface area contributed by atoms with Gasteiger partial charge in [0.1, 0.15) is 0 Å². The second-order valence-electron chi connectivity index (χ2n) is 7.39. The molecule has 2 rings (SSSR count). The maximum Gasteiger partial charge on any atom is 0.342 e. The van der Waals surface area contributed by atoms with Gasteiger partial charge in [-0.25, -0.2) is 9.59 Å². The van der Waals surface area contributed by atoms with Crippen LogP contribution < -0.4 is 11.1 Å². The van der Waals surface area contributed by atoms with Crippen molar-refractivity contribution in [3.63, 3.8) is 0 Å². The molecule has 0 fully saturated rings. The van der Waals surface area contributed by atoms with E-state index in [-0.39, 0.29) is 29.3 Å². The van der Waals surface area contributed by atoms with Gasteiger partial charge in [-0.2, -0.15) is 0 Å². The smallest absolute Gasteiger partial charge is 0.290 e. The van der Waals surface area contributed by atoms with Gasteiger partial charge in [0.05, 0.1) is 22.6 Å². The molecule has 0 aromatic heterocycles. The standard InChI is InChI=1S/C21H25N3O4/c1-12(2)17-7-6-16(10-19(17)24(27)28)21(26)23-11-14(4)18-8-5-15(20(22)25)9-13(18)3/h5-10,12,14H,11H2,1-4H3,(H2,22,25)(H,23,26)/p+2. The van der Waals surface area contributed by atoms with Crippen molar-refractivity contribution in [2.45, 2.75) is 39.5 Å². The predicted molar refractivity (Wildman–Crippen MR) is 105 cm³/mol. The Morgan fingerprint density at radius 1 is 1.07 bits per heavy atom. The van der Waals surface area contributed by atoms with Crippen molar-refractivity contribution in [2.24, 2.45) is 0 Å². The Hall–Kier alpha value is -2.90. The molecule has 0 aliphatic rings. The summed E-state index contributed by atoms with van der Waals surface area (Å²) in [5.41, 5.74) is 6.91. The molecule has 0 heterocycles. The fourth-order valence-electron chi connectivity index (χ4n) is 3.27. The number of nitrogens with zero attached hydrogens (tertiary/aromatic N) is 1. The lowest BCUT2D eigenvalue weighted by atomic mass is 9.94. The number of hydrogen-bond donors (Lipinski definition) is 2. The minimum absolute atomic E-state index is 0.00435. The van der Waals surface area contributed by atoms with Crippen LogP contribution in [0.4, 0.5) is 5.69 Å². The highest BCUT2D eigenvalue weighted by Crippen LogP contribution is 2.27. The number of benzene rings is 2. The van der Waals surface area contributed by atoms with E-state index in [0.717, 1.165) is 11.1 Å². The molecule has 0 radical (unpaired) electrons. The number of nitro groups is 1. The summed E-state index contributed by atoms with van der Waals surface area (Å²) in [5.74, 6) is -0.379. The Morgan fingerprint density at radius 3 is 2.21 bits per heavy atom. The Balaban J connectivity index is 2.12. The van der Waals surface area contributed by atoms with E-state index in [1.807, 2.05) is 33.8 Å². The van der Waals surface area contributed by atoms with E-state index in [4.69, 9.17) is 0 Å². The first-order valence-electron chi connectivity index (χ1n) is 9.24. The Kier molecular flexibility index (Phi) is 6.77. The molecule has 2 aromatic rings. The summed E-state index contributed by atoms with van der Waals surface area (Å²) in [6, 6.07) is 10.1. The summed E-state index contributed by atoms with van der Waals surface area (Å²) in [4.78, 5) is 34.8. The maximum absolute atomic E-state index is 12.5. The summed E-state index contributed by atoms with van der Waals surface area (Å²) in [6.07, 6.45) is 0. The van der Waals surface area contributed by atoms with Gasteiger partial charge in [0.2, 0.25) is 0 Å². The fourth-order valence-corrected chi connectivity index (χ4v) is 3.27. The van der Waals surface area contributed by atoms with Gasteiger partial charge in [0.25, 0.3) is 5.69 Å². The van der Waals surface area contributed by atoms with Crippen LogP contribution in [-0.4, -0.2) is 23.3 Å². The molecule has 0 aliphatic carbocycles. The Bertz CT molecular complexity index is 922. The van der Waals surface area contributed by atoms with Crippen molar-refractivity contribution >= 4 is 17.5 Å². The van der Waals surface area contributed by atoms with Crippen molar-refractivity contribution < 1.29 is 25.6 Å². The molecule has 2 aromatic carbocycles. The molecule has 1 atom stereocenters. The van der Waals surface area contributed by atoms with E-state index in [1.54, 1.807) is 29.6 Å². The highest BCUT2D eigenvalue weighted by Gasteiger charge is 2.22. The average Bonchev–Trinajstić information content (AvgIpc) is 2.64. The first-order chi connectivity index (χ1) is 13.1. The van der Waals surface area contributed by atoms with Crippen molar-refractivity contribution in [1.29, 1.82) is 0 Å². The number of nitrogens with two attached hydrogens (primary N) is 1. The summed E-state index contributed by atoms with van der Waals surface area (Å²) >= 11 is 0. The topological polar surface area (TPSA) is 122 Å². The highest BCUT2D eigenvalue weighted by molar-refractivity contribution is 5.87. The van der Waals surface area contributed by atoms with Crippen LogP contribution in [0.1, 0.15) is 70.0 Å². The number of amides is 2. The third-order valence-corrected chi connectivity index (χ3v) is 4.91. The fraction of sp³-hybridized carbons (Fsp3) is 0.333. The monoisotopic (exact) mass is 385 g/mol. The Labute approximate surface area is 164 Å². The normalized spacial score (nSPS) is 12.1. The van der Waals surface area contributed by atoms with Crippen LogP contribution in [0.15, 0.2) is 36.4 Å². The molecule has 5 N–H and O–H groups in total. The van der Waals surface area contributed by atoms with E-state index >= 15 is 0 Å².